The summed E-state index contributed by atoms with van der Waals surface area (Å²) < 4.78 is 0. The summed E-state index contributed by atoms with van der Waals surface area (Å²) >= 11 is 1.59. The van der Waals surface area contributed by atoms with Crippen LogP contribution in [0.1, 0.15) is 53.6 Å². The summed E-state index contributed by atoms with van der Waals surface area (Å²) in [6, 6.07) is 13.8. The van der Waals surface area contributed by atoms with Crippen LogP contribution in [0, 0.1) is 11.3 Å². The first kappa shape index (κ1) is 18.5. The lowest BCUT2D eigenvalue weighted by atomic mass is 9.95. The number of carbonyl (C=O) groups is 1. The van der Waals surface area contributed by atoms with Crippen LogP contribution in [0.25, 0.3) is 0 Å². The van der Waals surface area contributed by atoms with Crippen LogP contribution in [-0.4, -0.2) is 22.7 Å². The third-order valence-electron chi connectivity index (χ3n) is 4.64. The molecule has 2 aromatic rings. The SMILES string of the molecule is N#Cc1cccc(CCSc2ncccc2C(=O)NC2CCCCC2)c1. The summed E-state index contributed by atoms with van der Waals surface area (Å²) in [5.74, 6) is 0.800. The molecule has 1 aliphatic carbocycles. The highest BCUT2D eigenvalue weighted by Gasteiger charge is 2.19. The van der Waals surface area contributed by atoms with Crippen molar-refractivity contribution < 1.29 is 4.79 Å². The third kappa shape index (κ3) is 5.09. The normalized spacial score (nSPS) is 14.6. The second-order valence-electron chi connectivity index (χ2n) is 6.58. The molecule has 1 aromatic carbocycles. The molecule has 0 bridgehead atoms. The van der Waals surface area contributed by atoms with Crippen molar-refractivity contribution in [1.29, 1.82) is 5.26 Å². The van der Waals surface area contributed by atoms with E-state index in [-0.39, 0.29) is 5.91 Å². The number of nitrogens with zero attached hydrogens (tertiary/aromatic N) is 2. The van der Waals surface area contributed by atoms with E-state index >= 15 is 0 Å². The average molecular weight is 366 g/mol. The fourth-order valence-electron chi connectivity index (χ4n) is 3.25. The second kappa shape index (κ2) is 9.40. The molecule has 0 unspecified atom stereocenters. The number of hydrogen-bond acceptors (Lipinski definition) is 4. The van der Waals surface area contributed by atoms with Gasteiger partial charge in [0.05, 0.1) is 17.2 Å². The van der Waals surface area contributed by atoms with Gasteiger partial charge in [0.1, 0.15) is 5.03 Å². The van der Waals surface area contributed by atoms with Crippen LogP contribution in [-0.2, 0) is 6.42 Å². The predicted octanol–water partition coefficient (Wildman–Crippen LogP) is 4.35. The van der Waals surface area contributed by atoms with Crippen LogP contribution in [0.3, 0.4) is 0 Å². The van der Waals surface area contributed by atoms with Crippen LogP contribution in [0.4, 0.5) is 0 Å². The maximum Gasteiger partial charge on any atom is 0.254 e. The Morgan fingerprint density at radius 2 is 2.08 bits per heavy atom. The molecule has 0 atom stereocenters. The van der Waals surface area contributed by atoms with E-state index < -0.39 is 0 Å². The topological polar surface area (TPSA) is 65.8 Å². The van der Waals surface area contributed by atoms with Crippen molar-refractivity contribution in [3.05, 3.63) is 59.3 Å². The molecule has 1 saturated carbocycles. The van der Waals surface area contributed by atoms with E-state index in [9.17, 15) is 4.79 Å². The van der Waals surface area contributed by atoms with Gasteiger partial charge < -0.3 is 5.32 Å². The maximum atomic E-state index is 12.6. The van der Waals surface area contributed by atoms with Crippen LogP contribution >= 0.6 is 11.8 Å². The molecule has 134 valence electrons. The lowest BCUT2D eigenvalue weighted by molar-refractivity contribution is 0.0924. The molecule has 1 N–H and O–H groups in total. The van der Waals surface area contributed by atoms with Gasteiger partial charge in [-0.3, -0.25) is 4.79 Å². The molecule has 1 aromatic heterocycles. The second-order valence-corrected chi connectivity index (χ2v) is 7.66. The molecule has 1 aliphatic rings. The Bertz CT molecular complexity index is 794. The van der Waals surface area contributed by atoms with Crippen molar-refractivity contribution in [2.75, 3.05) is 5.75 Å². The highest BCUT2D eigenvalue weighted by Crippen LogP contribution is 2.23. The molecule has 0 spiro atoms. The van der Waals surface area contributed by atoms with Crippen LogP contribution in [0.2, 0.25) is 0 Å². The van der Waals surface area contributed by atoms with Crippen molar-refractivity contribution in [1.82, 2.24) is 10.3 Å². The zero-order chi connectivity index (χ0) is 18.2. The van der Waals surface area contributed by atoms with Crippen LogP contribution in [0.15, 0.2) is 47.6 Å². The average Bonchev–Trinajstić information content (AvgIpc) is 2.69. The molecule has 26 heavy (non-hydrogen) atoms. The van der Waals surface area contributed by atoms with Crippen LogP contribution < -0.4 is 5.32 Å². The molecular formula is C21H23N3OS. The van der Waals surface area contributed by atoms with Gasteiger partial charge in [-0.25, -0.2) is 4.98 Å². The van der Waals surface area contributed by atoms with Gasteiger partial charge in [-0.2, -0.15) is 5.26 Å². The summed E-state index contributed by atoms with van der Waals surface area (Å²) in [4.78, 5) is 17.1. The van der Waals surface area contributed by atoms with Gasteiger partial charge >= 0.3 is 0 Å². The van der Waals surface area contributed by atoms with Crippen molar-refractivity contribution >= 4 is 17.7 Å². The number of carbonyl (C=O) groups excluding carboxylic acids is 1. The molecule has 0 saturated heterocycles. The van der Waals surface area contributed by atoms with Gasteiger partial charge in [-0.1, -0.05) is 31.4 Å². The Labute approximate surface area is 159 Å². The molecule has 3 rings (SSSR count). The number of amides is 1. The van der Waals surface area contributed by atoms with Gasteiger partial charge in [-0.05, 0) is 49.1 Å². The molecular weight excluding hydrogens is 342 g/mol. The highest BCUT2D eigenvalue weighted by molar-refractivity contribution is 7.99. The lowest BCUT2D eigenvalue weighted by Gasteiger charge is -2.23. The van der Waals surface area contributed by atoms with Crippen molar-refractivity contribution in [2.24, 2.45) is 0 Å². The summed E-state index contributed by atoms with van der Waals surface area (Å²) in [5, 5.41) is 12.9. The number of hydrogen-bond donors (Lipinski definition) is 1. The molecule has 1 heterocycles. The minimum absolute atomic E-state index is 0.0148. The lowest BCUT2D eigenvalue weighted by Crippen LogP contribution is -2.36. The zero-order valence-electron chi connectivity index (χ0n) is 14.8. The number of nitrogens with one attached hydrogen (secondary N) is 1. The Balaban J connectivity index is 1.59. The van der Waals surface area contributed by atoms with Gasteiger partial charge in [-0.15, -0.1) is 11.8 Å². The van der Waals surface area contributed by atoms with Crippen molar-refractivity contribution in [3.8, 4) is 6.07 Å². The highest BCUT2D eigenvalue weighted by atomic mass is 32.2. The number of benzene rings is 1. The molecule has 1 fully saturated rings. The number of thioether (sulfide) groups is 1. The van der Waals surface area contributed by atoms with Gasteiger partial charge in [0.2, 0.25) is 0 Å². The van der Waals surface area contributed by atoms with E-state index in [1.807, 2.05) is 36.4 Å². The molecule has 1 amide bonds. The van der Waals surface area contributed by atoms with E-state index in [1.165, 1.54) is 19.3 Å². The Morgan fingerprint density at radius 3 is 2.88 bits per heavy atom. The standard InChI is InChI=1S/C21H23N3OS/c22-15-17-7-4-6-16(14-17)11-13-26-21-19(10-5-12-23-21)20(25)24-18-8-2-1-3-9-18/h4-7,10,12,14,18H,1-3,8-9,11,13H2,(H,24,25). The van der Waals surface area contributed by atoms with Crippen LogP contribution in [0.5, 0.6) is 0 Å². The molecule has 5 heteroatoms. The van der Waals surface area contributed by atoms with Crippen molar-refractivity contribution in [2.45, 2.75) is 49.6 Å². The first-order chi connectivity index (χ1) is 12.8. The van der Waals surface area contributed by atoms with Gasteiger partial charge in [0.25, 0.3) is 5.91 Å². The monoisotopic (exact) mass is 365 g/mol. The van der Waals surface area contributed by atoms with E-state index in [0.29, 0.717) is 17.2 Å². The quantitative estimate of drug-likeness (QED) is 0.773. The van der Waals surface area contributed by atoms with E-state index in [2.05, 4.69) is 16.4 Å². The molecule has 4 nitrogen and oxygen atoms in total. The maximum absolute atomic E-state index is 12.6. The molecule has 0 aliphatic heterocycles. The summed E-state index contributed by atoms with van der Waals surface area (Å²) in [6.07, 6.45) is 8.37. The summed E-state index contributed by atoms with van der Waals surface area (Å²) in [7, 11) is 0. The summed E-state index contributed by atoms with van der Waals surface area (Å²) in [6.45, 7) is 0. The zero-order valence-corrected chi connectivity index (χ0v) is 15.6. The number of pyridine rings is 1. The number of rotatable bonds is 6. The van der Waals surface area contributed by atoms with Gasteiger partial charge in [0.15, 0.2) is 0 Å². The summed E-state index contributed by atoms with van der Waals surface area (Å²) in [5.41, 5.74) is 2.47. The van der Waals surface area contributed by atoms with E-state index in [1.54, 1.807) is 18.0 Å². The smallest absolute Gasteiger partial charge is 0.254 e. The number of nitriles is 1. The predicted molar refractivity (Wildman–Crippen MR) is 104 cm³/mol. The van der Waals surface area contributed by atoms with E-state index in [0.717, 1.165) is 35.6 Å². The number of aryl methyl sites for hydroxylation is 1. The fraction of sp³-hybridized carbons (Fsp3) is 0.381. The first-order valence-corrected chi connectivity index (χ1v) is 10.1. The Kier molecular flexibility index (Phi) is 6.68. The number of aromatic nitrogens is 1. The van der Waals surface area contributed by atoms with Crippen molar-refractivity contribution in [3.63, 3.8) is 0 Å². The molecule has 0 radical (unpaired) electrons. The Hall–Kier alpha value is -2.32. The largest absolute Gasteiger partial charge is 0.349 e. The fourth-order valence-corrected chi connectivity index (χ4v) is 4.23. The van der Waals surface area contributed by atoms with Gasteiger partial charge in [0, 0.05) is 18.0 Å². The minimum atomic E-state index is -0.0148. The Morgan fingerprint density at radius 1 is 1.23 bits per heavy atom. The van der Waals surface area contributed by atoms with E-state index in [4.69, 9.17) is 5.26 Å². The first-order valence-electron chi connectivity index (χ1n) is 9.14. The third-order valence-corrected chi connectivity index (χ3v) is 5.65. The minimum Gasteiger partial charge on any atom is -0.349 e.